The van der Waals surface area contributed by atoms with Crippen molar-refractivity contribution in [1.29, 1.82) is 5.26 Å². The van der Waals surface area contributed by atoms with Crippen molar-refractivity contribution in [2.24, 2.45) is 5.92 Å². The minimum absolute atomic E-state index is 0.222. The van der Waals surface area contributed by atoms with E-state index in [4.69, 9.17) is 11.0 Å². The van der Waals surface area contributed by atoms with Gasteiger partial charge in [-0.15, -0.1) is 0 Å². The zero-order valence-corrected chi connectivity index (χ0v) is 8.99. The molecule has 1 aromatic heterocycles. The summed E-state index contributed by atoms with van der Waals surface area (Å²) < 4.78 is 0. The lowest BCUT2D eigenvalue weighted by Crippen LogP contribution is -2.09. The molecule has 0 saturated heterocycles. The molecular formula is C10H15N5. The number of nitrogen functional groups attached to an aromatic ring is 1. The van der Waals surface area contributed by atoms with E-state index in [0.717, 1.165) is 13.0 Å². The van der Waals surface area contributed by atoms with Gasteiger partial charge in [-0.25, -0.2) is 4.98 Å². The second-order valence-corrected chi connectivity index (χ2v) is 3.71. The predicted octanol–water partition coefficient (Wildman–Crippen LogP) is 1.39. The third-order valence-electron chi connectivity index (χ3n) is 1.94. The lowest BCUT2D eigenvalue weighted by Gasteiger charge is -2.07. The molecule has 0 aliphatic rings. The Bertz CT molecular complexity index is 367. The topological polar surface area (TPSA) is 87.6 Å². The van der Waals surface area contributed by atoms with E-state index in [1.54, 1.807) is 0 Å². The monoisotopic (exact) mass is 205 g/mol. The van der Waals surface area contributed by atoms with Crippen molar-refractivity contribution in [3.8, 4) is 6.07 Å². The molecule has 0 atom stereocenters. The Morgan fingerprint density at radius 3 is 2.87 bits per heavy atom. The fourth-order valence-electron chi connectivity index (χ4n) is 1.04. The molecule has 0 spiro atoms. The average molecular weight is 205 g/mol. The number of aromatic nitrogens is 2. The van der Waals surface area contributed by atoms with Crippen LogP contribution in [0.15, 0.2) is 6.20 Å². The van der Waals surface area contributed by atoms with Crippen LogP contribution in [0.25, 0.3) is 0 Å². The van der Waals surface area contributed by atoms with Crippen molar-refractivity contribution in [3.05, 3.63) is 11.8 Å². The van der Waals surface area contributed by atoms with Gasteiger partial charge < -0.3 is 11.1 Å². The van der Waals surface area contributed by atoms with E-state index < -0.39 is 0 Å². The van der Waals surface area contributed by atoms with Gasteiger partial charge in [-0.1, -0.05) is 13.8 Å². The number of nitrogens with zero attached hydrogens (tertiary/aromatic N) is 3. The van der Waals surface area contributed by atoms with Gasteiger partial charge in [0.2, 0.25) is 5.95 Å². The number of nitriles is 1. The molecule has 0 amide bonds. The smallest absolute Gasteiger partial charge is 0.224 e. The summed E-state index contributed by atoms with van der Waals surface area (Å²) >= 11 is 0. The molecule has 15 heavy (non-hydrogen) atoms. The summed E-state index contributed by atoms with van der Waals surface area (Å²) in [5.74, 6) is 1.33. The zero-order valence-electron chi connectivity index (χ0n) is 8.99. The second-order valence-electron chi connectivity index (χ2n) is 3.71. The molecule has 0 radical (unpaired) electrons. The summed E-state index contributed by atoms with van der Waals surface area (Å²) in [5, 5.41) is 11.7. The summed E-state index contributed by atoms with van der Waals surface area (Å²) in [6, 6.07) is 1.92. The first kappa shape index (κ1) is 11.2. The lowest BCUT2D eigenvalue weighted by molar-refractivity contribution is 0.606. The van der Waals surface area contributed by atoms with Crippen LogP contribution in [-0.4, -0.2) is 16.5 Å². The van der Waals surface area contributed by atoms with E-state index >= 15 is 0 Å². The number of rotatable bonds is 4. The van der Waals surface area contributed by atoms with Crippen LogP contribution < -0.4 is 11.1 Å². The van der Waals surface area contributed by atoms with Crippen LogP contribution in [0.3, 0.4) is 0 Å². The standard InChI is InChI=1S/C10H15N5/c1-7(2)3-4-13-10-14-6-8(5-11)9(12)15-10/h6-7H,3-4H2,1-2H3,(H3,12,13,14,15). The van der Waals surface area contributed by atoms with Gasteiger partial charge in [0.05, 0.1) is 6.20 Å². The highest BCUT2D eigenvalue weighted by Gasteiger charge is 2.02. The Hall–Kier alpha value is -1.83. The summed E-state index contributed by atoms with van der Waals surface area (Å²) in [7, 11) is 0. The first-order valence-electron chi connectivity index (χ1n) is 4.90. The van der Waals surface area contributed by atoms with Crippen LogP contribution in [0, 0.1) is 17.2 Å². The van der Waals surface area contributed by atoms with Gasteiger partial charge in [-0.2, -0.15) is 10.2 Å². The Kier molecular flexibility index (Phi) is 3.86. The number of hydrogen-bond donors (Lipinski definition) is 2. The van der Waals surface area contributed by atoms with Gasteiger partial charge in [-0.3, -0.25) is 0 Å². The molecule has 0 aromatic carbocycles. The van der Waals surface area contributed by atoms with E-state index in [0.29, 0.717) is 17.4 Å². The summed E-state index contributed by atoms with van der Waals surface area (Å²) in [5.41, 5.74) is 5.86. The van der Waals surface area contributed by atoms with Crippen LogP contribution >= 0.6 is 0 Å². The van der Waals surface area contributed by atoms with Gasteiger partial charge >= 0.3 is 0 Å². The highest BCUT2D eigenvalue weighted by atomic mass is 15.1. The fraction of sp³-hybridized carbons (Fsp3) is 0.500. The molecule has 0 aliphatic carbocycles. The molecule has 5 heteroatoms. The van der Waals surface area contributed by atoms with Gasteiger partial charge in [0.15, 0.2) is 0 Å². The number of nitrogens with one attached hydrogen (secondary N) is 1. The molecule has 1 rings (SSSR count). The molecule has 1 heterocycles. The molecule has 80 valence electrons. The van der Waals surface area contributed by atoms with Crippen LogP contribution in [0.1, 0.15) is 25.8 Å². The Labute approximate surface area is 89.3 Å². The van der Waals surface area contributed by atoms with Gasteiger partial charge in [0.25, 0.3) is 0 Å². The van der Waals surface area contributed by atoms with E-state index in [2.05, 4.69) is 29.1 Å². The average Bonchev–Trinajstić information content (AvgIpc) is 2.17. The van der Waals surface area contributed by atoms with Crippen LogP contribution in [0.5, 0.6) is 0 Å². The van der Waals surface area contributed by atoms with E-state index in [1.807, 2.05) is 6.07 Å². The van der Waals surface area contributed by atoms with E-state index in [-0.39, 0.29) is 5.82 Å². The summed E-state index contributed by atoms with van der Waals surface area (Å²) in [6.45, 7) is 5.11. The maximum absolute atomic E-state index is 8.63. The molecule has 0 unspecified atom stereocenters. The van der Waals surface area contributed by atoms with Gasteiger partial charge in [0, 0.05) is 6.54 Å². The number of anilines is 2. The van der Waals surface area contributed by atoms with Crippen LogP contribution in [0.4, 0.5) is 11.8 Å². The molecule has 0 aliphatic heterocycles. The van der Waals surface area contributed by atoms with Crippen LogP contribution in [0.2, 0.25) is 0 Å². The fourth-order valence-corrected chi connectivity index (χ4v) is 1.04. The summed E-state index contributed by atoms with van der Waals surface area (Å²) in [4.78, 5) is 7.96. The van der Waals surface area contributed by atoms with Crippen molar-refractivity contribution in [1.82, 2.24) is 9.97 Å². The highest BCUT2D eigenvalue weighted by molar-refractivity contribution is 5.49. The molecule has 0 bridgehead atoms. The molecular weight excluding hydrogens is 190 g/mol. The molecule has 1 aromatic rings. The van der Waals surface area contributed by atoms with E-state index in [1.165, 1.54) is 6.20 Å². The van der Waals surface area contributed by atoms with Crippen molar-refractivity contribution in [3.63, 3.8) is 0 Å². The number of hydrogen-bond acceptors (Lipinski definition) is 5. The van der Waals surface area contributed by atoms with Crippen molar-refractivity contribution >= 4 is 11.8 Å². The maximum Gasteiger partial charge on any atom is 0.224 e. The quantitative estimate of drug-likeness (QED) is 0.775. The van der Waals surface area contributed by atoms with Crippen molar-refractivity contribution < 1.29 is 0 Å². The highest BCUT2D eigenvalue weighted by Crippen LogP contribution is 2.08. The lowest BCUT2D eigenvalue weighted by atomic mass is 10.1. The molecule has 3 N–H and O–H groups in total. The summed E-state index contributed by atoms with van der Waals surface area (Å²) in [6.07, 6.45) is 2.48. The SMILES string of the molecule is CC(C)CCNc1ncc(C#N)c(N)n1. The second kappa shape index (κ2) is 5.15. The molecule has 0 fully saturated rings. The molecule has 5 nitrogen and oxygen atoms in total. The first-order valence-corrected chi connectivity index (χ1v) is 4.90. The predicted molar refractivity (Wildman–Crippen MR) is 59.1 cm³/mol. The maximum atomic E-state index is 8.63. The normalized spacial score (nSPS) is 10.0. The zero-order chi connectivity index (χ0) is 11.3. The number of nitrogens with two attached hydrogens (primary N) is 1. The van der Waals surface area contributed by atoms with Gasteiger partial charge in [-0.05, 0) is 12.3 Å². The van der Waals surface area contributed by atoms with Crippen LogP contribution in [-0.2, 0) is 0 Å². The minimum atomic E-state index is 0.222. The largest absolute Gasteiger partial charge is 0.382 e. The third kappa shape index (κ3) is 3.43. The Balaban J connectivity index is 2.57. The minimum Gasteiger partial charge on any atom is -0.382 e. The first-order chi connectivity index (χ1) is 7.13. The Morgan fingerprint density at radius 2 is 2.33 bits per heavy atom. The van der Waals surface area contributed by atoms with Crippen molar-refractivity contribution in [2.75, 3.05) is 17.6 Å². The van der Waals surface area contributed by atoms with E-state index in [9.17, 15) is 0 Å². The van der Waals surface area contributed by atoms with Gasteiger partial charge in [0.1, 0.15) is 17.5 Å². The molecule has 0 saturated carbocycles. The Morgan fingerprint density at radius 1 is 1.60 bits per heavy atom. The van der Waals surface area contributed by atoms with Crippen molar-refractivity contribution in [2.45, 2.75) is 20.3 Å². The third-order valence-corrected chi connectivity index (χ3v) is 1.94.